The summed E-state index contributed by atoms with van der Waals surface area (Å²) < 4.78 is 26.3. The van der Waals surface area contributed by atoms with Crippen molar-refractivity contribution in [1.82, 2.24) is 4.31 Å². The number of carbonyl (C=O) groups excluding carboxylic acids is 1. The van der Waals surface area contributed by atoms with E-state index in [1.54, 1.807) is 42.5 Å². The maximum atomic E-state index is 12.5. The molecule has 0 atom stereocenters. The zero-order valence-electron chi connectivity index (χ0n) is 11.5. The molecule has 20 heavy (non-hydrogen) atoms. The molecule has 1 rings (SSSR count). The monoisotopic (exact) mass is 293 g/mol. The number of sulfonamides is 1. The van der Waals surface area contributed by atoms with Gasteiger partial charge in [-0.3, -0.25) is 0 Å². The minimum Gasteiger partial charge on any atom is -0.303 e. The van der Waals surface area contributed by atoms with Gasteiger partial charge in [0.15, 0.2) is 0 Å². The van der Waals surface area contributed by atoms with Crippen LogP contribution in [0.3, 0.4) is 0 Å². The maximum absolute atomic E-state index is 12.5. The lowest BCUT2D eigenvalue weighted by molar-refractivity contribution is -0.107. The Kier molecular flexibility index (Phi) is 6.35. The fraction of sp³-hybridized carbons (Fsp3) is 0.267. The molecule has 0 aromatic heterocycles. The Morgan fingerprint density at radius 1 is 1.25 bits per heavy atom. The van der Waals surface area contributed by atoms with Crippen molar-refractivity contribution in [3.05, 3.63) is 54.6 Å². The quantitative estimate of drug-likeness (QED) is 0.546. The summed E-state index contributed by atoms with van der Waals surface area (Å²) in [6, 6.07) is 6.67. The van der Waals surface area contributed by atoms with Gasteiger partial charge in [-0.15, -0.1) is 0 Å². The molecule has 0 saturated carbocycles. The normalized spacial score (nSPS) is 11.9. The minimum atomic E-state index is -3.58. The second-order valence-electron chi connectivity index (χ2n) is 4.30. The SMILES string of the molecule is C=C/C=C/CN(CCC=O)S(=O)(=O)c1ccc(C)cc1. The second-order valence-corrected chi connectivity index (χ2v) is 6.23. The first-order valence-electron chi connectivity index (χ1n) is 6.30. The summed E-state index contributed by atoms with van der Waals surface area (Å²) >= 11 is 0. The first-order valence-corrected chi connectivity index (χ1v) is 7.74. The van der Waals surface area contributed by atoms with Gasteiger partial charge in [-0.05, 0) is 19.1 Å². The zero-order chi connectivity index (χ0) is 15.0. The van der Waals surface area contributed by atoms with Gasteiger partial charge in [0.25, 0.3) is 0 Å². The number of allylic oxidation sites excluding steroid dienone is 2. The summed E-state index contributed by atoms with van der Waals surface area (Å²) in [4.78, 5) is 10.7. The third-order valence-electron chi connectivity index (χ3n) is 2.74. The molecular weight excluding hydrogens is 274 g/mol. The fourth-order valence-corrected chi connectivity index (χ4v) is 3.05. The first kappa shape index (κ1) is 16.3. The fourth-order valence-electron chi connectivity index (χ4n) is 1.64. The van der Waals surface area contributed by atoms with Crippen molar-refractivity contribution in [2.45, 2.75) is 18.2 Å². The van der Waals surface area contributed by atoms with Gasteiger partial charge in [0.05, 0.1) is 4.90 Å². The molecule has 5 heteroatoms. The van der Waals surface area contributed by atoms with Gasteiger partial charge in [-0.25, -0.2) is 8.42 Å². The van der Waals surface area contributed by atoms with E-state index in [2.05, 4.69) is 6.58 Å². The van der Waals surface area contributed by atoms with E-state index in [9.17, 15) is 13.2 Å². The van der Waals surface area contributed by atoms with E-state index in [0.29, 0.717) is 0 Å². The highest BCUT2D eigenvalue weighted by molar-refractivity contribution is 7.89. The highest BCUT2D eigenvalue weighted by Gasteiger charge is 2.22. The predicted octanol–water partition coefficient (Wildman–Crippen LogP) is 2.32. The van der Waals surface area contributed by atoms with Crippen molar-refractivity contribution in [2.75, 3.05) is 13.1 Å². The third kappa shape index (κ3) is 4.43. The largest absolute Gasteiger partial charge is 0.303 e. The van der Waals surface area contributed by atoms with Crippen LogP contribution in [0.2, 0.25) is 0 Å². The van der Waals surface area contributed by atoms with E-state index < -0.39 is 10.0 Å². The van der Waals surface area contributed by atoms with Gasteiger partial charge in [0, 0.05) is 19.5 Å². The van der Waals surface area contributed by atoms with Crippen LogP contribution in [0.25, 0.3) is 0 Å². The van der Waals surface area contributed by atoms with Crippen LogP contribution in [0.5, 0.6) is 0 Å². The molecule has 0 N–H and O–H groups in total. The van der Waals surface area contributed by atoms with E-state index in [0.717, 1.165) is 11.8 Å². The molecule has 0 aliphatic rings. The number of carbonyl (C=O) groups is 1. The Morgan fingerprint density at radius 3 is 2.45 bits per heavy atom. The van der Waals surface area contributed by atoms with Crippen LogP contribution >= 0.6 is 0 Å². The predicted molar refractivity (Wildman–Crippen MR) is 80.0 cm³/mol. The van der Waals surface area contributed by atoms with Gasteiger partial charge in [-0.1, -0.05) is 42.5 Å². The van der Waals surface area contributed by atoms with Crippen LogP contribution in [-0.4, -0.2) is 32.1 Å². The molecule has 1 aromatic carbocycles. The lowest BCUT2D eigenvalue weighted by Gasteiger charge is -2.19. The zero-order valence-corrected chi connectivity index (χ0v) is 12.3. The molecule has 0 spiro atoms. The molecule has 0 bridgehead atoms. The summed E-state index contributed by atoms with van der Waals surface area (Å²) in [6.45, 7) is 5.82. The van der Waals surface area contributed by atoms with E-state index in [-0.39, 0.29) is 24.4 Å². The van der Waals surface area contributed by atoms with Gasteiger partial charge < -0.3 is 4.79 Å². The van der Waals surface area contributed by atoms with Crippen LogP contribution in [0, 0.1) is 6.92 Å². The Morgan fingerprint density at radius 2 is 1.90 bits per heavy atom. The van der Waals surface area contributed by atoms with Gasteiger partial charge in [-0.2, -0.15) is 4.31 Å². The first-order chi connectivity index (χ1) is 9.52. The highest BCUT2D eigenvalue weighted by Crippen LogP contribution is 2.16. The lowest BCUT2D eigenvalue weighted by Crippen LogP contribution is -2.32. The van der Waals surface area contributed by atoms with Crippen molar-refractivity contribution in [3.63, 3.8) is 0 Å². The van der Waals surface area contributed by atoms with Crippen LogP contribution in [0.15, 0.2) is 54.0 Å². The van der Waals surface area contributed by atoms with Crippen molar-refractivity contribution in [3.8, 4) is 0 Å². The average Bonchev–Trinajstić information content (AvgIpc) is 2.43. The Bertz CT molecular complexity index is 574. The van der Waals surface area contributed by atoms with Crippen molar-refractivity contribution >= 4 is 16.3 Å². The van der Waals surface area contributed by atoms with Crippen molar-refractivity contribution < 1.29 is 13.2 Å². The summed E-state index contributed by atoms with van der Waals surface area (Å²) in [5.41, 5.74) is 0.995. The maximum Gasteiger partial charge on any atom is 0.243 e. The Balaban J connectivity index is 3.02. The van der Waals surface area contributed by atoms with Crippen molar-refractivity contribution in [1.29, 1.82) is 0 Å². The molecule has 0 heterocycles. The molecule has 0 fully saturated rings. The molecule has 0 aliphatic carbocycles. The van der Waals surface area contributed by atoms with Gasteiger partial charge in [0.1, 0.15) is 6.29 Å². The van der Waals surface area contributed by atoms with E-state index in [1.165, 1.54) is 4.31 Å². The summed E-state index contributed by atoms with van der Waals surface area (Å²) in [5, 5.41) is 0. The number of aldehydes is 1. The number of nitrogens with zero attached hydrogens (tertiary/aromatic N) is 1. The number of benzene rings is 1. The van der Waals surface area contributed by atoms with E-state index >= 15 is 0 Å². The molecule has 0 amide bonds. The smallest absolute Gasteiger partial charge is 0.243 e. The number of aryl methyl sites for hydroxylation is 1. The molecule has 0 saturated heterocycles. The molecule has 0 aliphatic heterocycles. The van der Waals surface area contributed by atoms with Crippen LogP contribution in [0.1, 0.15) is 12.0 Å². The molecule has 0 radical (unpaired) electrons. The molecule has 108 valence electrons. The average molecular weight is 293 g/mol. The third-order valence-corrected chi connectivity index (χ3v) is 4.62. The second kappa shape index (κ2) is 7.77. The Labute approximate surface area is 120 Å². The lowest BCUT2D eigenvalue weighted by atomic mass is 10.2. The topological polar surface area (TPSA) is 54.5 Å². The summed E-state index contributed by atoms with van der Waals surface area (Å²) in [7, 11) is -3.58. The standard InChI is InChI=1S/C15H19NO3S/c1-3-4-5-11-16(12-6-13-17)20(18,19)15-9-7-14(2)8-10-15/h3-5,7-10,13H,1,6,11-12H2,2H3/b5-4+. The number of rotatable bonds is 8. The highest BCUT2D eigenvalue weighted by atomic mass is 32.2. The van der Waals surface area contributed by atoms with E-state index in [4.69, 9.17) is 0 Å². The minimum absolute atomic E-state index is 0.168. The Hall–Kier alpha value is -1.72. The van der Waals surface area contributed by atoms with Gasteiger partial charge in [0.2, 0.25) is 10.0 Å². The number of hydrogen-bond acceptors (Lipinski definition) is 3. The summed E-state index contributed by atoms with van der Waals surface area (Å²) in [5.74, 6) is 0. The van der Waals surface area contributed by atoms with Crippen LogP contribution in [0.4, 0.5) is 0 Å². The van der Waals surface area contributed by atoms with E-state index in [1.807, 2.05) is 6.92 Å². The molecule has 1 aromatic rings. The van der Waals surface area contributed by atoms with Crippen molar-refractivity contribution in [2.24, 2.45) is 0 Å². The van der Waals surface area contributed by atoms with Gasteiger partial charge >= 0.3 is 0 Å². The molecular formula is C15H19NO3S. The van der Waals surface area contributed by atoms with Crippen LogP contribution < -0.4 is 0 Å². The molecule has 0 unspecified atom stereocenters. The molecule has 4 nitrogen and oxygen atoms in total. The van der Waals surface area contributed by atoms with Crippen LogP contribution in [-0.2, 0) is 14.8 Å². The summed E-state index contributed by atoms with van der Waals surface area (Å²) in [6.07, 6.45) is 5.85. The number of hydrogen-bond donors (Lipinski definition) is 0.